The zero-order valence-electron chi connectivity index (χ0n) is 37.7. The summed E-state index contributed by atoms with van der Waals surface area (Å²) in [4.78, 5) is 89.5. The highest BCUT2D eigenvalue weighted by molar-refractivity contribution is 7.61. The molecule has 2 aromatic heterocycles. The molecule has 67 heavy (non-hydrogen) atoms. The molecular formula is C40H62N7O17P3. The fourth-order valence-corrected chi connectivity index (χ4v) is 10.4. The van der Waals surface area contributed by atoms with Crippen LogP contribution in [0.5, 0.6) is 0 Å². The first-order valence-electron chi connectivity index (χ1n) is 21.8. The highest BCUT2D eigenvalue weighted by Gasteiger charge is 2.51. The molecule has 3 aromatic rings. The van der Waals surface area contributed by atoms with Gasteiger partial charge in [0.2, 0.25) is 11.8 Å². The third kappa shape index (κ3) is 16.0. The van der Waals surface area contributed by atoms with Crippen LogP contribution < -0.4 is 16.4 Å². The molecule has 1 saturated carbocycles. The Balaban J connectivity index is 0.996. The standard InChI is InChI=1S/C40H62N7O17P3/c1-25(2)7-5-8-26-10-12-27(13-11-26)9-6-16-40(17-18-40)29(48)14-19-42-30(49)15-20-43-37(52)34(51)39(3,4)22-61-67(58,59)64-66(56,57)60-21-28-33(63-65(53,54)55)32(50)38(62-28)47-24-46-31-35(41)44-23-45-36(31)47/h10-13,23-25,28,32-34,38,50-51H,5-9,14-22H2,1-4H3,(H,42,49)(H,43,52)(H,56,57)(H,58,59)(H2,41,44,45)(H2,53,54,55). The first-order chi connectivity index (χ1) is 31.3. The predicted molar refractivity (Wildman–Crippen MR) is 238 cm³/mol. The first kappa shape index (κ1) is 54.4. The van der Waals surface area contributed by atoms with Crippen LogP contribution in [-0.4, -0.2) is 118 Å². The highest BCUT2D eigenvalue weighted by Crippen LogP contribution is 2.61. The van der Waals surface area contributed by atoms with Crippen molar-refractivity contribution in [2.75, 3.05) is 32.0 Å². The van der Waals surface area contributed by atoms with Gasteiger partial charge in [-0.25, -0.2) is 28.6 Å². The zero-order valence-corrected chi connectivity index (χ0v) is 40.4. The Morgan fingerprint density at radius 2 is 1.57 bits per heavy atom. The lowest BCUT2D eigenvalue weighted by Crippen LogP contribution is -2.46. The topological polar surface area (TPSA) is 364 Å². The Kier molecular flexibility index (Phi) is 18.6. The third-order valence-electron chi connectivity index (χ3n) is 11.6. The number of nitrogens with zero attached hydrogens (tertiary/aromatic N) is 4. The van der Waals surface area contributed by atoms with Gasteiger partial charge in [0.1, 0.15) is 42.0 Å². The molecule has 1 aliphatic heterocycles. The molecule has 2 aliphatic rings. The number of imidazole rings is 1. The normalized spacial score (nSPS) is 21.7. The van der Waals surface area contributed by atoms with E-state index >= 15 is 0 Å². The number of rotatable bonds is 28. The fraction of sp³-hybridized carbons (Fsp3) is 0.650. The Morgan fingerprint density at radius 1 is 0.940 bits per heavy atom. The number of fused-ring (bicyclic) bond motifs is 1. The number of Topliss-reactive ketones (excluding diaryl/α,β-unsaturated/α-hetero) is 1. The molecule has 27 heteroatoms. The minimum atomic E-state index is -5.58. The Morgan fingerprint density at radius 3 is 2.19 bits per heavy atom. The maximum absolute atomic E-state index is 13.1. The summed E-state index contributed by atoms with van der Waals surface area (Å²) in [5.41, 5.74) is 6.52. The average Bonchev–Trinajstić information content (AvgIpc) is 3.81. The lowest BCUT2D eigenvalue weighted by molar-refractivity contribution is -0.137. The summed E-state index contributed by atoms with van der Waals surface area (Å²) >= 11 is 0. The summed E-state index contributed by atoms with van der Waals surface area (Å²) in [5.74, 6) is -0.647. The molecule has 1 aliphatic carbocycles. The second-order valence-electron chi connectivity index (χ2n) is 18.0. The maximum atomic E-state index is 13.1. The molecule has 5 rings (SSSR count). The van der Waals surface area contributed by atoms with Crippen LogP contribution in [0, 0.1) is 16.7 Å². The number of nitrogens with two attached hydrogens (primary N) is 1. The minimum absolute atomic E-state index is 0.0318. The summed E-state index contributed by atoms with van der Waals surface area (Å²) < 4.78 is 62.6. The van der Waals surface area contributed by atoms with Crippen molar-refractivity contribution in [1.29, 1.82) is 0 Å². The number of ether oxygens (including phenoxy) is 1. The van der Waals surface area contributed by atoms with Gasteiger partial charge in [-0.15, -0.1) is 0 Å². The number of hydrogen-bond acceptors (Lipinski definition) is 17. The van der Waals surface area contributed by atoms with Crippen LogP contribution in [0.25, 0.3) is 11.2 Å². The van der Waals surface area contributed by atoms with E-state index in [1.807, 2.05) is 0 Å². The van der Waals surface area contributed by atoms with Gasteiger partial charge in [-0.2, -0.15) is 4.31 Å². The van der Waals surface area contributed by atoms with E-state index in [1.54, 1.807) is 0 Å². The number of nitrogens with one attached hydrogen (secondary N) is 2. The monoisotopic (exact) mass is 1010 g/mol. The van der Waals surface area contributed by atoms with E-state index in [4.69, 9.17) is 19.5 Å². The molecule has 24 nitrogen and oxygen atoms in total. The number of ketones is 1. The van der Waals surface area contributed by atoms with Crippen LogP contribution in [0.1, 0.15) is 96.4 Å². The molecule has 2 fully saturated rings. The van der Waals surface area contributed by atoms with E-state index in [0.29, 0.717) is 5.92 Å². The third-order valence-corrected chi connectivity index (χ3v) is 14.7. The van der Waals surface area contributed by atoms with Crippen molar-refractivity contribution in [2.45, 2.75) is 123 Å². The second kappa shape index (κ2) is 22.9. The SMILES string of the molecule is CC(C)CCCc1ccc(CCCC2(C(=O)CCNC(=O)CCNC(=O)C(O)C(C)(C)COP(=O)(O)OP(=O)(O)OCC3OC(n4cnc5c(N)ncnc54)C(O)C3OP(=O)(O)O)CC2)cc1. The zero-order chi connectivity index (χ0) is 49.4. The Bertz CT molecular complexity index is 2320. The van der Waals surface area contributed by atoms with Crippen LogP contribution in [0.2, 0.25) is 0 Å². The Hall–Kier alpha value is -3.57. The second-order valence-corrected chi connectivity index (χ2v) is 22.2. The van der Waals surface area contributed by atoms with Crippen molar-refractivity contribution in [3.8, 4) is 0 Å². The van der Waals surface area contributed by atoms with Crippen LogP contribution in [0.15, 0.2) is 36.9 Å². The van der Waals surface area contributed by atoms with E-state index in [9.17, 15) is 57.9 Å². The molecule has 7 atom stereocenters. The predicted octanol–water partition coefficient (Wildman–Crippen LogP) is 3.15. The number of anilines is 1. The molecule has 2 amide bonds. The highest BCUT2D eigenvalue weighted by atomic mass is 31.3. The summed E-state index contributed by atoms with van der Waals surface area (Å²) in [7, 11) is -16.4. The number of carbonyl (C=O) groups is 3. The van der Waals surface area contributed by atoms with E-state index in [2.05, 4.69) is 72.5 Å². The van der Waals surface area contributed by atoms with Gasteiger partial charge in [0.15, 0.2) is 17.7 Å². The molecule has 1 aromatic carbocycles. The van der Waals surface area contributed by atoms with E-state index in [0.717, 1.165) is 55.7 Å². The fourth-order valence-electron chi connectivity index (χ4n) is 7.56. The molecule has 10 N–H and O–H groups in total. The van der Waals surface area contributed by atoms with Gasteiger partial charge in [-0.3, -0.25) is 32.5 Å². The van der Waals surface area contributed by atoms with Gasteiger partial charge in [0, 0.05) is 36.8 Å². The van der Waals surface area contributed by atoms with Crippen molar-refractivity contribution in [3.63, 3.8) is 0 Å². The number of benzene rings is 1. The number of carbonyl (C=O) groups excluding carboxylic acids is 3. The average molecular weight is 1010 g/mol. The largest absolute Gasteiger partial charge is 0.481 e. The van der Waals surface area contributed by atoms with Crippen molar-refractivity contribution in [3.05, 3.63) is 48.0 Å². The number of aliphatic hydroxyl groups is 2. The molecule has 0 bridgehead atoms. The molecule has 374 valence electrons. The van der Waals surface area contributed by atoms with Gasteiger partial charge < -0.3 is 50.9 Å². The van der Waals surface area contributed by atoms with Crippen molar-refractivity contribution in [2.24, 2.45) is 16.7 Å². The summed E-state index contributed by atoms with van der Waals surface area (Å²) in [6, 6.07) is 8.71. The van der Waals surface area contributed by atoms with Crippen molar-refractivity contribution < 1.29 is 80.5 Å². The quantitative estimate of drug-likeness (QED) is 0.0472. The number of amides is 2. The smallest absolute Gasteiger partial charge is 0.386 e. The number of nitrogen functional groups attached to an aromatic ring is 1. The van der Waals surface area contributed by atoms with Crippen LogP contribution in [0.4, 0.5) is 5.82 Å². The first-order valence-corrected chi connectivity index (χ1v) is 26.3. The molecule has 7 unspecified atom stereocenters. The minimum Gasteiger partial charge on any atom is -0.386 e. The molecular weight excluding hydrogens is 943 g/mol. The number of aryl methyl sites for hydroxylation is 2. The van der Waals surface area contributed by atoms with Gasteiger partial charge in [-0.1, -0.05) is 58.4 Å². The van der Waals surface area contributed by atoms with Crippen molar-refractivity contribution >= 4 is 58.0 Å². The van der Waals surface area contributed by atoms with E-state index < -0.39 is 84.6 Å². The Labute approximate surface area is 387 Å². The molecule has 0 radical (unpaired) electrons. The van der Waals surface area contributed by atoms with Crippen molar-refractivity contribution in [1.82, 2.24) is 30.2 Å². The number of hydrogen-bond donors (Lipinski definition) is 9. The maximum Gasteiger partial charge on any atom is 0.481 e. The van der Waals surface area contributed by atoms with Crippen LogP contribution in [0.3, 0.4) is 0 Å². The number of aliphatic hydroxyl groups excluding tert-OH is 2. The summed E-state index contributed by atoms with van der Waals surface area (Å²) in [5, 5.41) is 26.7. The lowest BCUT2D eigenvalue weighted by Gasteiger charge is -2.30. The van der Waals surface area contributed by atoms with Gasteiger partial charge in [0.25, 0.3) is 0 Å². The number of aromatic nitrogens is 4. The van der Waals surface area contributed by atoms with Crippen LogP contribution in [-0.2, 0) is 63.5 Å². The van der Waals surface area contributed by atoms with Crippen LogP contribution >= 0.6 is 23.5 Å². The van der Waals surface area contributed by atoms with Gasteiger partial charge >= 0.3 is 23.5 Å². The molecule has 0 spiro atoms. The molecule has 3 heterocycles. The van der Waals surface area contributed by atoms with Gasteiger partial charge in [-0.05, 0) is 62.0 Å². The lowest BCUT2D eigenvalue weighted by atomic mass is 9.87. The summed E-state index contributed by atoms with van der Waals surface area (Å²) in [6.07, 6.45) is 0.924. The van der Waals surface area contributed by atoms with Gasteiger partial charge in [0.05, 0.1) is 19.5 Å². The van der Waals surface area contributed by atoms with E-state index in [-0.39, 0.29) is 54.1 Å². The summed E-state index contributed by atoms with van der Waals surface area (Å²) in [6.45, 7) is 4.89. The number of phosphoric ester groups is 3. The van der Waals surface area contributed by atoms with E-state index in [1.165, 1.54) is 37.8 Å². The molecule has 1 saturated heterocycles. The number of phosphoric acid groups is 3.